The number of esters is 1. The lowest BCUT2D eigenvalue weighted by Crippen LogP contribution is -2.63. The molecule has 0 spiro atoms. The van der Waals surface area contributed by atoms with Crippen molar-refractivity contribution in [2.24, 2.45) is 5.92 Å². The molecule has 0 aromatic heterocycles. The highest BCUT2D eigenvalue weighted by Crippen LogP contribution is 2.43. The zero-order valence-corrected chi connectivity index (χ0v) is 26.5. The van der Waals surface area contributed by atoms with Gasteiger partial charge in [-0.25, -0.2) is 9.59 Å². The minimum absolute atomic E-state index is 0.0965. The van der Waals surface area contributed by atoms with Crippen LogP contribution < -0.4 is 5.32 Å². The highest BCUT2D eigenvalue weighted by molar-refractivity contribution is 6.13. The number of fused-ring (bicyclic) bond motifs is 2. The molecule has 244 valence electrons. The number of nitrogens with one attached hydrogen (secondary N) is 1. The van der Waals surface area contributed by atoms with Crippen LogP contribution in [-0.4, -0.2) is 62.9 Å². The summed E-state index contributed by atoms with van der Waals surface area (Å²) in [5, 5.41) is 13.5. The topological polar surface area (TPSA) is 116 Å². The Hall–Kier alpha value is -4.66. The van der Waals surface area contributed by atoms with Crippen LogP contribution in [0.5, 0.6) is 0 Å². The first kappa shape index (κ1) is 31.0. The van der Waals surface area contributed by atoms with Crippen LogP contribution in [0.3, 0.4) is 0 Å². The number of ether oxygens (including phenoxy) is 1. The minimum atomic E-state index is -1.76. The Morgan fingerprint density at radius 3 is 2.19 bits per heavy atom. The van der Waals surface area contributed by atoms with Crippen molar-refractivity contribution in [2.45, 2.75) is 88.0 Å². The van der Waals surface area contributed by atoms with E-state index in [-0.39, 0.29) is 31.9 Å². The summed E-state index contributed by atoms with van der Waals surface area (Å²) in [6.07, 6.45) is 6.49. The molecule has 1 saturated heterocycles. The minimum Gasteiger partial charge on any atom is -0.480 e. The van der Waals surface area contributed by atoms with Crippen molar-refractivity contribution >= 4 is 29.4 Å². The van der Waals surface area contributed by atoms with Crippen molar-refractivity contribution in [3.8, 4) is 0 Å². The Morgan fingerprint density at radius 2 is 1.47 bits per heavy atom. The van der Waals surface area contributed by atoms with Gasteiger partial charge in [-0.3, -0.25) is 9.59 Å². The third-order valence-electron chi connectivity index (χ3n) is 10.6. The molecular formula is C38H41N3O6. The fourth-order valence-corrected chi connectivity index (χ4v) is 8.09. The van der Waals surface area contributed by atoms with E-state index in [4.69, 9.17) is 4.74 Å². The monoisotopic (exact) mass is 635 g/mol. The molecule has 1 aliphatic carbocycles. The van der Waals surface area contributed by atoms with Gasteiger partial charge in [0.2, 0.25) is 11.4 Å². The maximum atomic E-state index is 15.2. The van der Waals surface area contributed by atoms with E-state index < -0.39 is 47.4 Å². The maximum Gasteiger partial charge on any atom is 0.342 e. The van der Waals surface area contributed by atoms with E-state index in [9.17, 15) is 19.5 Å². The maximum absolute atomic E-state index is 15.2. The van der Waals surface area contributed by atoms with Crippen molar-refractivity contribution in [3.05, 3.63) is 101 Å². The Balaban J connectivity index is 1.25. The molecule has 3 aliphatic heterocycles. The number of carbonyl (C=O) groups excluding carboxylic acids is 3. The van der Waals surface area contributed by atoms with Crippen molar-refractivity contribution in [2.75, 3.05) is 11.9 Å². The zero-order valence-electron chi connectivity index (χ0n) is 26.5. The van der Waals surface area contributed by atoms with Gasteiger partial charge in [-0.05, 0) is 59.9 Å². The third kappa shape index (κ3) is 5.77. The summed E-state index contributed by atoms with van der Waals surface area (Å²) in [5.41, 5.74) is 2.41. The predicted octanol–water partition coefficient (Wildman–Crippen LogP) is 5.29. The second-order valence-electron chi connectivity index (χ2n) is 13.5. The van der Waals surface area contributed by atoms with Gasteiger partial charge in [0.15, 0.2) is 0 Å². The van der Waals surface area contributed by atoms with E-state index in [1.165, 1.54) is 11.3 Å². The smallest absolute Gasteiger partial charge is 0.342 e. The van der Waals surface area contributed by atoms with Crippen LogP contribution in [0.2, 0.25) is 0 Å². The van der Waals surface area contributed by atoms with Gasteiger partial charge in [-0.15, -0.1) is 0 Å². The van der Waals surface area contributed by atoms with Crippen LogP contribution in [0, 0.1) is 5.92 Å². The summed E-state index contributed by atoms with van der Waals surface area (Å²) in [5.74, 6) is -2.39. The summed E-state index contributed by atoms with van der Waals surface area (Å²) in [6.45, 7) is 0.391. The Labute approximate surface area is 274 Å². The predicted molar refractivity (Wildman–Crippen MR) is 175 cm³/mol. The summed E-state index contributed by atoms with van der Waals surface area (Å²) < 4.78 is 6.00. The number of benzene rings is 3. The van der Waals surface area contributed by atoms with Crippen LogP contribution in [0.1, 0.15) is 73.2 Å². The summed E-state index contributed by atoms with van der Waals surface area (Å²) in [7, 11) is 0. The molecule has 9 heteroatoms. The lowest BCUT2D eigenvalue weighted by atomic mass is 9.89. The molecule has 2 N–H and O–H groups in total. The number of carboxylic acids is 1. The van der Waals surface area contributed by atoms with Crippen molar-refractivity contribution in [1.29, 1.82) is 0 Å². The van der Waals surface area contributed by atoms with Gasteiger partial charge < -0.3 is 25.0 Å². The standard InChI is InChI=1S/C38H41N3O6/c42-34(40-23-29-17-8-7-15-27(29)21-33(40)35(43)44)32-20-19-31(26-13-5-2-6-14-26)41(32)36(45)38(22-28-16-9-10-18-30(28)39-38)37(46)47-24-25-11-3-1-4-12-25/h2,5-10,13-18,25,31-33,39H,1,3-4,11-12,19-24H2,(H,43,44)/t31-,32+,33+,38+/m0/s1. The molecule has 0 unspecified atom stereocenters. The fourth-order valence-electron chi connectivity index (χ4n) is 8.09. The average molecular weight is 636 g/mol. The van der Waals surface area contributed by atoms with Gasteiger partial charge in [0.05, 0.1) is 12.6 Å². The number of carbonyl (C=O) groups is 4. The normalized spacial score (nSPS) is 25.4. The van der Waals surface area contributed by atoms with Gasteiger partial charge in [0, 0.05) is 25.1 Å². The number of anilines is 1. The number of hydrogen-bond donors (Lipinski definition) is 2. The second-order valence-corrected chi connectivity index (χ2v) is 13.5. The molecule has 3 aromatic carbocycles. The Morgan fingerprint density at radius 1 is 0.787 bits per heavy atom. The van der Waals surface area contributed by atoms with Crippen molar-refractivity contribution < 1.29 is 29.0 Å². The van der Waals surface area contributed by atoms with Crippen LogP contribution in [0.4, 0.5) is 5.69 Å². The number of para-hydroxylation sites is 1. The first-order valence-corrected chi connectivity index (χ1v) is 16.9. The molecule has 1 saturated carbocycles. The van der Waals surface area contributed by atoms with Crippen molar-refractivity contribution in [1.82, 2.24) is 9.80 Å². The number of nitrogens with zero attached hydrogens (tertiary/aromatic N) is 2. The fraction of sp³-hybridized carbons (Fsp3) is 0.421. The molecule has 4 atom stereocenters. The SMILES string of the molecule is O=C(O)[C@H]1Cc2ccccc2CN1C(=O)[C@H]1CC[C@@H](c2ccccc2)N1C(=O)[C@@]1(C(=O)OCC2CCCCC2)Cc2ccccc2N1. The molecule has 2 fully saturated rings. The highest BCUT2D eigenvalue weighted by atomic mass is 16.5. The van der Waals surface area contributed by atoms with Crippen LogP contribution >= 0.6 is 0 Å². The molecule has 0 radical (unpaired) electrons. The van der Waals surface area contributed by atoms with Gasteiger partial charge in [0.1, 0.15) is 12.1 Å². The van der Waals surface area contributed by atoms with E-state index >= 15 is 4.79 Å². The van der Waals surface area contributed by atoms with Crippen LogP contribution in [-0.2, 0) is 43.3 Å². The molecule has 0 bridgehead atoms. The number of rotatable bonds is 7. The number of likely N-dealkylation sites (tertiary alicyclic amines) is 1. The summed E-state index contributed by atoms with van der Waals surface area (Å²) in [6, 6.07) is 22.1. The summed E-state index contributed by atoms with van der Waals surface area (Å²) >= 11 is 0. The third-order valence-corrected chi connectivity index (χ3v) is 10.6. The van der Waals surface area contributed by atoms with Crippen LogP contribution in [0.25, 0.3) is 0 Å². The first-order chi connectivity index (χ1) is 22.9. The highest BCUT2D eigenvalue weighted by Gasteiger charge is 2.58. The van der Waals surface area contributed by atoms with Gasteiger partial charge in [0.25, 0.3) is 5.91 Å². The van der Waals surface area contributed by atoms with E-state index in [0.717, 1.165) is 47.9 Å². The van der Waals surface area contributed by atoms with Gasteiger partial charge in [-0.1, -0.05) is 92.1 Å². The van der Waals surface area contributed by atoms with E-state index in [0.29, 0.717) is 18.5 Å². The lowest BCUT2D eigenvalue weighted by molar-refractivity contribution is -0.162. The molecule has 4 aliphatic rings. The first-order valence-electron chi connectivity index (χ1n) is 16.9. The number of aliphatic carboxylic acids is 1. The number of hydrogen-bond acceptors (Lipinski definition) is 6. The quantitative estimate of drug-likeness (QED) is 0.268. The Kier molecular flexibility index (Phi) is 8.47. The molecular weight excluding hydrogens is 594 g/mol. The van der Waals surface area contributed by atoms with Gasteiger partial charge >= 0.3 is 11.9 Å². The molecule has 3 aromatic rings. The Bertz CT molecular complexity index is 1640. The van der Waals surface area contributed by atoms with Crippen molar-refractivity contribution in [3.63, 3.8) is 0 Å². The number of carboxylic acid groups (broad SMARTS) is 1. The molecule has 3 heterocycles. The molecule has 7 rings (SSSR count). The van der Waals surface area contributed by atoms with E-state index in [1.807, 2.05) is 78.9 Å². The van der Waals surface area contributed by atoms with Gasteiger partial charge in [-0.2, -0.15) is 0 Å². The summed E-state index contributed by atoms with van der Waals surface area (Å²) in [4.78, 5) is 59.6. The average Bonchev–Trinajstić information content (AvgIpc) is 3.74. The molecule has 9 nitrogen and oxygen atoms in total. The largest absolute Gasteiger partial charge is 0.480 e. The lowest BCUT2D eigenvalue weighted by Gasteiger charge is -2.41. The number of amides is 2. The van der Waals surface area contributed by atoms with E-state index in [1.54, 1.807) is 4.90 Å². The molecule has 2 amide bonds. The van der Waals surface area contributed by atoms with Crippen LogP contribution in [0.15, 0.2) is 78.9 Å². The molecule has 47 heavy (non-hydrogen) atoms. The second kappa shape index (κ2) is 12.9. The zero-order chi connectivity index (χ0) is 32.5. The van der Waals surface area contributed by atoms with E-state index in [2.05, 4.69) is 5.32 Å².